The zero-order valence-electron chi connectivity index (χ0n) is 7.52. The SMILES string of the molecule is CNS(=O)(=O)CCNS(=O)(=O)CC#N. The van der Waals surface area contributed by atoms with E-state index in [4.69, 9.17) is 5.26 Å². The molecule has 0 aromatic rings. The van der Waals surface area contributed by atoms with E-state index in [2.05, 4.69) is 0 Å². The molecule has 0 atom stereocenters. The first-order chi connectivity index (χ1) is 6.33. The highest BCUT2D eigenvalue weighted by atomic mass is 32.2. The summed E-state index contributed by atoms with van der Waals surface area (Å²) in [7, 11) is -5.85. The quantitative estimate of drug-likeness (QED) is 0.556. The fourth-order valence-electron chi connectivity index (χ4n) is 0.570. The molecule has 0 aliphatic rings. The van der Waals surface area contributed by atoms with E-state index in [9.17, 15) is 16.8 Å². The van der Waals surface area contributed by atoms with Crippen molar-refractivity contribution in [1.29, 1.82) is 5.26 Å². The van der Waals surface area contributed by atoms with Crippen molar-refractivity contribution in [1.82, 2.24) is 9.44 Å². The molecule has 82 valence electrons. The van der Waals surface area contributed by atoms with Gasteiger partial charge < -0.3 is 0 Å². The van der Waals surface area contributed by atoms with Crippen LogP contribution in [-0.4, -0.2) is 41.9 Å². The molecule has 0 aliphatic heterocycles. The molecule has 0 bridgehead atoms. The number of hydrogen-bond acceptors (Lipinski definition) is 5. The molecule has 7 nitrogen and oxygen atoms in total. The molecule has 0 radical (unpaired) electrons. The average Bonchev–Trinajstić information content (AvgIpc) is 2.03. The zero-order chi connectivity index (χ0) is 11.2. The molecule has 2 N–H and O–H groups in total. The normalized spacial score (nSPS) is 12.3. The Bertz CT molecular complexity index is 405. The van der Waals surface area contributed by atoms with Crippen LogP contribution >= 0.6 is 0 Å². The molecule has 0 rings (SSSR count). The number of sulfonamides is 2. The van der Waals surface area contributed by atoms with E-state index in [0.29, 0.717) is 0 Å². The van der Waals surface area contributed by atoms with E-state index < -0.39 is 25.8 Å². The van der Waals surface area contributed by atoms with Crippen molar-refractivity contribution in [3.63, 3.8) is 0 Å². The van der Waals surface area contributed by atoms with Gasteiger partial charge in [-0.15, -0.1) is 0 Å². The molecule has 0 fully saturated rings. The van der Waals surface area contributed by atoms with Crippen LogP contribution in [0.5, 0.6) is 0 Å². The highest BCUT2D eigenvalue weighted by molar-refractivity contribution is 7.90. The van der Waals surface area contributed by atoms with Gasteiger partial charge in [-0.3, -0.25) is 0 Å². The maximum atomic E-state index is 10.9. The van der Waals surface area contributed by atoms with Gasteiger partial charge in [0.1, 0.15) is 0 Å². The fraction of sp³-hybridized carbons (Fsp3) is 0.800. The largest absolute Gasteiger partial charge is 0.225 e. The predicted molar refractivity (Wildman–Crippen MR) is 50.2 cm³/mol. The van der Waals surface area contributed by atoms with E-state index in [1.165, 1.54) is 13.1 Å². The molecule has 0 amide bonds. The van der Waals surface area contributed by atoms with E-state index in [-0.39, 0.29) is 12.3 Å². The Kier molecular flexibility index (Phi) is 5.00. The van der Waals surface area contributed by atoms with Crippen molar-refractivity contribution in [2.45, 2.75) is 0 Å². The molecule has 0 saturated carbocycles. The molecule has 0 spiro atoms. The molecule has 0 aromatic carbocycles. The van der Waals surface area contributed by atoms with Gasteiger partial charge in [0.2, 0.25) is 20.0 Å². The molecular formula is C5H11N3O4S2. The van der Waals surface area contributed by atoms with E-state index in [1.807, 2.05) is 9.44 Å². The minimum Gasteiger partial charge on any atom is -0.218 e. The van der Waals surface area contributed by atoms with Crippen LogP contribution in [0.15, 0.2) is 0 Å². The minimum atomic E-state index is -3.67. The van der Waals surface area contributed by atoms with Crippen LogP contribution in [0.25, 0.3) is 0 Å². The number of rotatable bonds is 6. The summed E-state index contributed by atoms with van der Waals surface area (Å²) < 4.78 is 47.4. The van der Waals surface area contributed by atoms with Gasteiger partial charge in [-0.1, -0.05) is 0 Å². The second-order valence-electron chi connectivity index (χ2n) is 2.33. The lowest BCUT2D eigenvalue weighted by molar-refractivity contribution is 0.580. The van der Waals surface area contributed by atoms with Crippen molar-refractivity contribution in [2.24, 2.45) is 0 Å². The Balaban J connectivity index is 4.06. The molecule has 0 unspecified atom stereocenters. The summed E-state index contributed by atoms with van der Waals surface area (Å²) in [6, 6.07) is 1.45. The minimum absolute atomic E-state index is 0.243. The number of hydrogen-bond donors (Lipinski definition) is 2. The number of nitrogens with zero attached hydrogens (tertiary/aromatic N) is 1. The summed E-state index contributed by atoms with van der Waals surface area (Å²) in [6.07, 6.45) is 0. The van der Waals surface area contributed by atoms with Gasteiger partial charge in [0.25, 0.3) is 0 Å². The second kappa shape index (κ2) is 5.26. The summed E-state index contributed by atoms with van der Waals surface area (Å²) in [5.41, 5.74) is 0. The van der Waals surface area contributed by atoms with E-state index >= 15 is 0 Å². The summed E-state index contributed by atoms with van der Waals surface area (Å²) >= 11 is 0. The summed E-state index contributed by atoms with van der Waals surface area (Å²) in [6.45, 7) is -0.243. The lowest BCUT2D eigenvalue weighted by atomic mass is 10.8. The lowest BCUT2D eigenvalue weighted by Crippen LogP contribution is -2.33. The zero-order valence-corrected chi connectivity index (χ0v) is 9.15. The highest BCUT2D eigenvalue weighted by Crippen LogP contribution is 1.84. The van der Waals surface area contributed by atoms with Crippen molar-refractivity contribution in [3.05, 3.63) is 0 Å². The van der Waals surface area contributed by atoms with Gasteiger partial charge in [-0.2, -0.15) is 5.26 Å². The molecule has 0 heterocycles. The van der Waals surface area contributed by atoms with Crippen LogP contribution in [0, 0.1) is 11.3 Å². The monoisotopic (exact) mass is 241 g/mol. The third kappa shape index (κ3) is 5.87. The Morgan fingerprint density at radius 2 is 1.79 bits per heavy atom. The molecular weight excluding hydrogens is 230 g/mol. The van der Waals surface area contributed by atoms with Crippen LogP contribution in [0.4, 0.5) is 0 Å². The third-order valence-corrected chi connectivity index (χ3v) is 3.78. The van der Waals surface area contributed by atoms with Gasteiger partial charge in [-0.05, 0) is 7.05 Å². The first kappa shape index (κ1) is 13.3. The van der Waals surface area contributed by atoms with E-state index in [1.54, 1.807) is 0 Å². The number of nitrogens with one attached hydrogen (secondary N) is 2. The molecule has 0 aromatic heterocycles. The highest BCUT2D eigenvalue weighted by Gasteiger charge is 2.11. The van der Waals surface area contributed by atoms with Crippen LogP contribution in [0.1, 0.15) is 0 Å². The topological polar surface area (TPSA) is 116 Å². The Morgan fingerprint density at radius 1 is 1.21 bits per heavy atom. The first-order valence-electron chi connectivity index (χ1n) is 3.58. The molecule has 0 aliphatic carbocycles. The second-order valence-corrected chi connectivity index (χ2v) is 6.19. The maximum absolute atomic E-state index is 10.9. The molecule has 0 saturated heterocycles. The third-order valence-electron chi connectivity index (χ3n) is 1.26. The van der Waals surface area contributed by atoms with Crippen molar-refractivity contribution < 1.29 is 16.8 Å². The van der Waals surface area contributed by atoms with Gasteiger partial charge in [-0.25, -0.2) is 26.3 Å². The summed E-state index contributed by atoms with van der Waals surface area (Å²) in [5.74, 6) is -1.03. The van der Waals surface area contributed by atoms with Crippen LogP contribution in [0.2, 0.25) is 0 Å². The van der Waals surface area contributed by atoms with Crippen LogP contribution < -0.4 is 9.44 Å². The van der Waals surface area contributed by atoms with Crippen molar-refractivity contribution in [3.8, 4) is 6.07 Å². The smallest absolute Gasteiger partial charge is 0.218 e. The maximum Gasteiger partial charge on any atom is 0.225 e. The number of nitriles is 1. The van der Waals surface area contributed by atoms with Gasteiger partial charge in [0.15, 0.2) is 5.75 Å². The Labute approximate surface area is 83.2 Å². The van der Waals surface area contributed by atoms with Crippen molar-refractivity contribution in [2.75, 3.05) is 25.1 Å². The molecule has 14 heavy (non-hydrogen) atoms. The van der Waals surface area contributed by atoms with Crippen LogP contribution in [0.3, 0.4) is 0 Å². The Hall–Kier alpha value is -0.690. The predicted octanol–water partition coefficient (Wildman–Crippen LogP) is -2.02. The summed E-state index contributed by atoms with van der Waals surface area (Å²) in [5, 5.41) is 8.11. The standard InChI is InChI=1S/C5H11N3O4S2/c1-7-13(9,10)5-3-8-14(11,12)4-2-6/h7-8H,3-5H2,1H3. The average molecular weight is 241 g/mol. The lowest BCUT2D eigenvalue weighted by Gasteiger charge is -2.03. The summed E-state index contributed by atoms with van der Waals surface area (Å²) in [4.78, 5) is 0. The Morgan fingerprint density at radius 3 is 2.21 bits per heavy atom. The molecule has 9 heteroatoms. The van der Waals surface area contributed by atoms with Gasteiger partial charge in [0, 0.05) is 6.54 Å². The van der Waals surface area contributed by atoms with Crippen LogP contribution in [-0.2, 0) is 20.0 Å². The van der Waals surface area contributed by atoms with Gasteiger partial charge >= 0.3 is 0 Å². The first-order valence-corrected chi connectivity index (χ1v) is 6.89. The van der Waals surface area contributed by atoms with Crippen molar-refractivity contribution >= 4 is 20.0 Å². The fourth-order valence-corrected chi connectivity index (χ4v) is 1.96. The van der Waals surface area contributed by atoms with E-state index in [0.717, 1.165) is 0 Å². The van der Waals surface area contributed by atoms with Gasteiger partial charge in [0.05, 0.1) is 11.8 Å².